The Bertz CT molecular complexity index is 1450. The minimum absolute atomic E-state index is 0.0135. The molecule has 4 rings (SSSR count). The average Bonchev–Trinajstić information content (AvgIpc) is 3.24. The van der Waals surface area contributed by atoms with Crippen LogP contribution in [0.25, 0.3) is 10.4 Å². The van der Waals surface area contributed by atoms with Gasteiger partial charge in [0.05, 0.1) is 16.7 Å². The van der Waals surface area contributed by atoms with Crippen LogP contribution in [0.15, 0.2) is 54.6 Å². The number of hydrogen-bond donors (Lipinski definition) is 2. The van der Waals surface area contributed by atoms with Crippen molar-refractivity contribution in [1.82, 2.24) is 4.31 Å². The molecule has 0 atom stereocenters. The van der Waals surface area contributed by atoms with Gasteiger partial charge in [0.2, 0.25) is 10.0 Å². The summed E-state index contributed by atoms with van der Waals surface area (Å²) in [5.74, 6) is -1.87. The number of carboxylic acid groups (broad SMARTS) is 1. The van der Waals surface area contributed by atoms with Crippen molar-refractivity contribution in [3.63, 3.8) is 0 Å². The first-order chi connectivity index (χ1) is 19.0. The summed E-state index contributed by atoms with van der Waals surface area (Å²) < 4.78 is 38.0. The molecule has 1 saturated heterocycles. The molecule has 0 amide bonds. The second kappa shape index (κ2) is 13.0. The molecule has 9 nitrogen and oxygen atoms in total. The lowest BCUT2D eigenvalue weighted by atomic mass is 10.1. The molecule has 0 aliphatic carbocycles. The van der Waals surface area contributed by atoms with E-state index < -0.39 is 28.6 Å². The van der Waals surface area contributed by atoms with Crippen LogP contribution in [0.2, 0.25) is 5.02 Å². The predicted octanol–water partition coefficient (Wildman–Crippen LogP) is 5.50. The zero-order valence-electron chi connectivity index (χ0n) is 22.1. The highest BCUT2D eigenvalue weighted by molar-refractivity contribution is 7.88. The van der Waals surface area contributed by atoms with Gasteiger partial charge in [-0.15, -0.1) is 11.3 Å². The lowest BCUT2D eigenvalue weighted by Gasteiger charge is -2.32. The molecule has 12 heteroatoms. The molecule has 214 valence electrons. The van der Waals surface area contributed by atoms with Gasteiger partial charge in [-0.3, -0.25) is 0 Å². The SMILES string of the molecule is CC(C)OC(=O)c1sc(-c2cccc(NC3CCN(S(=O)(=O)Cc4ccccc4)CC3)c2)c(Cl)c1OCC(=O)O. The van der Waals surface area contributed by atoms with Gasteiger partial charge in [-0.25, -0.2) is 22.3 Å². The van der Waals surface area contributed by atoms with Gasteiger partial charge in [0.25, 0.3) is 0 Å². The number of sulfonamides is 1. The number of halogens is 1. The summed E-state index contributed by atoms with van der Waals surface area (Å²) in [6.45, 7) is 3.62. The lowest BCUT2D eigenvalue weighted by molar-refractivity contribution is -0.139. The molecular formula is C28H31ClN2O7S2. The third-order valence-corrected chi connectivity index (χ3v) is 9.73. The van der Waals surface area contributed by atoms with Crippen molar-refractivity contribution in [2.45, 2.75) is 44.6 Å². The van der Waals surface area contributed by atoms with Crippen molar-refractivity contribution >= 4 is 50.6 Å². The summed E-state index contributed by atoms with van der Waals surface area (Å²) in [7, 11) is -3.40. The number of carbonyl (C=O) groups is 2. The summed E-state index contributed by atoms with van der Waals surface area (Å²) in [5, 5.41) is 12.7. The van der Waals surface area contributed by atoms with E-state index in [4.69, 9.17) is 26.2 Å². The number of carbonyl (C=O) groups excluding carboxylic acids is 1. The van der Waals surface area contributed by atoms with Gasteiger partial charge in [0, 0.05) is 24.8 Å². The molecule has 0 saturated carbocycles. The minimum Gasteiger partial charge on any atom is -0.479 e. The number of hydrogen-bond acceptors (Lipinski definition) is 8. The van der Waals surface area contributed by atoms with E-state index in [1.54, 1.807) is 18.2 Å². The Kier molecular flexibility index (Phi) is 9.72. The topological polar surface area (TPSA) is 122 Å². The Labute approximate surface area is 242 Å². The number of nitrogens with zero attached hydrogens (tertiary/aromatic N) is 1. The molecule has 2 N–H and O–H groups in total. The van der Waals surface area contributed by atoms with Crippen molar-refractivity contribution in [2.75, 3.05) is 25.0 Å². The number of piperidine rings is 1. The van der Waals surface area contributed by atoms with Crippen molar-refractivity contribution in [3.05, 3.63) is 70.1 Å². The third kappa shape index (κ3) is 7.54. The van der Waals surface area contributed by atoms with E-state index in [1.807, 2.05) is 54.6 Å². The normalized spacial score (nSPS) is 14.7. The molecular weight excluding hydrogens is 576 g/mol. The number of esters is 1. The first-order valence-electron chi connectivity index (χ1n) is 12.8. The largest absolute Gasteiger partial charge is 0.479 e. The Morgan fingerprint density at radius 3 is 2.48 bits per heavy atom. The van der Waals surface area contributed by atoms with Crippen LogP contribution in [0.4, 0.5) is 5.69 Å². The second-order valence-electron chi connectivity index (χ2n) is 9.68. The highest BCUT2D eigenvalue weighted by atomic mass is 35.5. The van der Waals surface area contributed by atoms with Gasteiger partial charge < -0.3 is 19.9 Å². The number of benzene rings is 2. The van der Waals surface area contributed by atoms with Gasteiger partial charge >= 0.3 is 11.9 Å². The zero-order valence-corrected chi connectivity index (χ0v) is 24.5. The fourth-order valence-corrected chi connectivity index (χ4v) is 7.40. The quantitative estimate of drug-likeness (QED) is 0.274. The highest BCUT2D eigenvalue weighted by Crippen LogP contribution is 2.46. The molecule has 0 unspecified atom stereocenters. The van der Waals surface area contributed by atoms with Gasteiger partial charge in [0.15, 0.2) is 17.2 Å². The number of rotatable bonds is 11. The van der Waals surface area contributed by atoms with E-state index in [0.717, 1.165) is 22.6 Å². The fourth-order valence-electron chi connectivity index (χ4n) is 4.39. The van der Waals surface area contributed by atoms with E-state index in [-0.39, 0.29) is 33.5 Å². The summed E-state index contributed by atoms with van der Waals surface area (Å²) in [6.07, 6.45) is 0.920. The molecule has 1 aliphatic rings. The van der Waals surface area contributed by atoms with E-state index in [0.29, 0.717) is 36.4 Å². The maximum absolute atomic E-state index is 12.9. The first-order valence-corrected chi connectivity index (χ1v) is 15.6. The van der Waals surface area contributed by atoms with Crippen LogP contribution in [0.5, 0.6) is 5.75 Å². The van der Waals surface area contributed by atoms with Crippen LogP contribution in [0.3, 0.4) is 0 Å². The van der Waals surface area contributed by atoms with E-state index in [1.165, 1.54) is 0 Å². The molecule has 2 aromatic carbocycles. The third-order valence-electron chi connectivity index (χ3n) is 6.21. The van der Waals surface area contributed by atoms with Crippen LogP contribution >= 0.6 is 22.9 Å². The van der Waals surface area contributed by atoms with Gasteiger partial charge in [-0.2, -0.15) is 0 Å². The van der Waals surface area contributed by atoms with Crippen LogP contribution < -0.4 is 10.1 Å². The van der Waals surface area contributed by atoms with E-state index >= 15 is 0 Å². The van der Waals surface area contributed by atoms with Crippen LogP contribution in [0.1, 0.15) is 41.9 Å². The summed E-state index contributed by atoms with van der Waals surface area (Å²) in [6, 6.07) is 16.7. The Hall–Kier alpha value is -3.12. The monoisotopic (exact) mass is 606 g/mol. The molecule has 2 heterocycles. The molecule has 1 fully saturated rings. The van der Waals surface area contributed by atoms with E-state index in [9.17, 15) is 18.0 Å². The van der Waals surface area contributed by atoms with Crippen LogP contribution in [-0.4, -0.2) is 61.6 Å². The Morgan fingerprint density at radius 1 is 1.12 bits per heavy atom. The number of ether oxygens (including phenoxy) is 2. The van der Waals surface area contributed by atoms with Crippen LogP contribution in [0, 0.1) is 0 Å². The molecule has 1 aliphatic heterocycles. The number of thiophene rings is 1. The van der Waals surface area contributed by atoms with Crippen molar-refractivity contribution in [2.24, 2.45) is 0 Å². The minimum atomic E-state index is -3.40. The maximum Gasteiger partial charge on any atom is 0.352 e. The average molecular weight is 607 g/mol. The maximum atomic E-state index is 12.9. The summed E-state index contributed by atoms with van der Waals surface area (Å²) >= 11 is 7.66. The van der Waals surface area contributed by atoms with Gasteiger partial charge in [-0.1, -0.05) is 54.1 Å². The smallest absolute Gasteiger partial charge is 0.352 e. The molecule has 0 bridgehead atoms. The summed E-state index contributed by atoms with van der Waals surface area (Å²) in [5.41, 5.74) is 2.29. The molecule has 0 radical (unpaired) electrons. The standard InChI is InChI=1S/C28H31ClN2O7S2/c1-18(2)38-28(34)27-25(37-16-23(32)33)24(29)26(39-27)20-9-6-10-22(15-20)30-21-11-13-31(14-12-21)40(35,36)17-19-7-4-3-5-8-19/h3-10,15,18,21,30H,11-14,16-17H2,1-2H3,(H,32,33). The zero-order chi connectivity index (χ0) is 28.9. The van der Waals surface area contributed by atoms with Gasteiger partial charge in [0.1, 0.15) is 5.02 Å². The van der Waals surface area contributed by atoms with Crippen molar-refractivity contribution in [3.8, 4) is 16.2 Å². The Balaban J connectivity index is 1.46. The van der Waals surface area contributed by atoms with E-state index in [2.05, 4.69) is 5.32 Å². The van der Waals surface area contributed by atoms with Gasteiger partial charge in [-0.05, 0) is 49.9 Å². The fraction of sp³-hybridized carbons (Fsp3) is 0.357. The highest BCUT2D eigenvalue weighted by Gasteiger charge is 2.29. The molecule has 0 spiro atoms. The van der Waals surface area contributed by atoms with Crippen molar-refractivity contribution in [1.29, 1.82) is 0 Å². The number of aliphatic carboxylic acids is 1. The predicted molar refractivity (Wildman–Crippen MR) is 156 cm³/mol. The second-order valence-corrected chi connectivity index (χ2v) is 13.0. The molecule has 40 heavy (non-hydrogen) atoms. The molecule has 3 aromatic rings. The molecule has 1 aromatic heterocycles. The Morgan fingerprint density at radius 2 is 1.82 bits per heavy atom. The summed E-state index contributed by atoms with van der Waals surface area (Å²) in [4.78, 5) is 24.4. The number of anilines is 1. The van der Waals surface area contributed by atoms with Crippen molar-refractivity contribution < 1.29 is 32.6 Å². The lowest BCUT2D eigenvalue weighted by Crippen LogP contribution is -2.42. The van der Waals surface area contributed by atoms with Crippen LogP contribution in [-0.2, 0) is 25.3 Å². The number of nitrogens with one attached hydrogen (secondary N) is 1. The number of carboxylic acids is 1. The first kappa shape index (κ1) is 29.9.